The Hall–Kier alpha value is -3.81. The molecule has 9 nitrogen and oxygen atoms in total. The Bertz CT molecular complexity index is 1280. The number of fused-ring (bicyclic) bond motifs is 1. The van der Waals surface area contributed by atoms with Gasteiger partial charge in [0, 0.05) is 37.5 Å². The molecule has 2 aliphatic heterocycles. The summed E-state index contributed by atoms with van der Waals surface area (Å²) >= 11 is 0. The number of halogens is 1. The molecule has 2 aliphatic rings. The van der Waals surface area contributed by atoms with Crippen LogP contribution in [-0.4, -0.2) is 38.9 Å². The monoisotopic (exact) mass is 447 g/mol. The Balaban J connectivity index is 1.59. The highest BCUT2D eigenvalue weighted by Gasteiger charge is 2.29. The van der Waals surface area contributed by atoms with E-state index in [0.717, 1.165) is 19.4 Å². The number of hydrogen-bond acceptors (Lipinski definition) is 7. The molecule has 2 aromatic heterocycles. The molecule has 2 atom stereocenters. The summed E-state index contributed by atoms with van der Waals surface area (Å²) in [6.07, 6.45) is 2.40. The minimum atomic E-state index is -0.950. The summed E-state index contributed by atoms with van der Waals surface area (Å²) in [7, 11) is 0. The van der Waals surface area contributed by atoms with E-state index in [1.54, 1.807) is 16.9 Å². The van der Waals surface area contributed by atoms with E-state index in [-0.39, 0.29) is 28.6 Å². The molecule has 4 heterocycles. The normalized spacial score (nSPS) is 19.8. The third-order valence-corrected chi connectivity index (χ3v) is 6.21. The van der Waals surface area contributed by atoms with Crippen molar-refractivity contribution in [3.63, 3.8) is 0 Å². The molecule has 3 aromatic rings. The first kappa shape index (κ1) is 21.1. The zero-order valence-corrected chi connectivity index (χ0v) is 17.7. The Morgan fingerprint density at radius 1 is 1.36 bits per heavy atom. The van der Waals surface area contributed by atoms with Crippen molar-refractivity contribution >= 4 is 11.7 Å². The average molecular weight is 447 g/mol. The Morgan fingerprint density at radius 3 is 3.00 bits per heavy atom. The fourth-order valence-corrected chi connectivity index (χ4v) is 4.55. The van der Waals surface area contributed by atoms with Crippen molar-refractivity contribution in [1.82, 2.24) is 20.1 Å². The zero-order chi connectivity index (χ0) is 23.1. The van der Waals surface area contributed by atoms with Gasteiger partial charge in [-0.3, -0.25) is 15.1 Å². The lowest BCUT2D eigenvalue weighted by atomic mass is 9.98. The van der Waals surface area contributed by atoms with Gasteiger partial charge in [0.1, 0.15) is 12.0 Å². The van der Waals surface area contributed by atoms with Crippen LogP contribution < -0.4 is 16.0 Å². The van der Waals surface area contributed by atoms with Gasteiger partial charge >= 0.3 is 0 Å². The number of benzene rings is 1. The van der Waals surface area contributed by atoms with Gasteiger partial charge in [0.15, 0.2) is 5.82 Å². The molecule has 10 heteroatoms. The van der Waals surface area contributed by atoms with E-state index in [0.29, 0.717) is 35.9 Å². The predicted molar refractivity (Wildman–Crippen MR) is 117 cm³/mol. The summed E-state index contributed by atoms with van der Waals surface area (Å²) in [6, 6.07) is 9.79. The number of piperidine rings is 1. The van der Waals surface area contributed by atoms with Crippen molar-refractivity contribution in [2.24, 2.45) is 11.7 Å². The van der Waals surface area contributed by atoms with Gasteiger partial charge in [-0.05, 0) is 31.0 Å². The fraction of sp³-hybridized carbons (Fsp3) is 0.304. The first-order chi connectivity index (χ1) is 16.0. The second-order valence-corrected chi connectivity index (χ2v) is 8.25. The maximum Gasteiger partial charge on any atom is 0.222 e. The van der Waals surface area contributed by atoms with E-state index in [4.69, 9.17) is 5.73 Å². The van der Waals surface area contributed by atoms with Crippen molar-refractivity contribution in [2.75, 3.05) is 18.0 Å². The summed E-state index contributed by atoms with van der Waals surface area (Å²) < 4.78 is 16.3. The average Bonchev–Trinajstić information content (AvgIpc) is 3.46. The first-order valence-corrected chi connectivity index (χ1v) is 10.7. The smallest absolute Gasteiger partial charge is 0.222 e. The van der Waals surface area contributed by atoms with Crippen LogP contribution in [0.15, 0.2) is 36.5 Å². The topological polar surface area (TPSA) is 133 Å². The number of nitrogens with zero attached hydrogens (tertiary/aromatic N) is 5. The van der Waals surface area contributed by atoms with Gasteiger partial charge in [0.05, 0.1) is 40.2 Å². The van der Waals surface area contributed by atoms with Gasteiger partial charge < -0.3 is 15.7 Å². The maximum absolute atomic E-state index is 14.7. The largest absolute Gasteiger partial charge is 0.374 e. The summed E-state index contributed by atoms with van der Waals surface area (Å²) in [6.45, 7) is 1.55. The number of aliphatic hydroxyl groups excluding tert-OH is 1. The number of aliphatic hydroxyl groups is 1. The van der Waals surface area contributed by atoms with E-state index >= 15 is 0 Å². The van der Waals surface area contributed by atoms with Gasteiger partial charge in [-0.25, -0.2) is 9.07 Å². The van der Waals surface area contributed by atoms with E-state index in [1.807, 2.05) is 17.0 Å². The van der Waals surface area contributed by atoms with Gasteiger partial charge in [0.25, 0.3) is 0 Å². The number of rotatable bonds is 4. The lowest BCUT2D eigenvalue weighted by Crippen LogP contribution is -2.41. The molecular formula is C23H22FN7O2. The SMILES string of the molecule is N#Cc1cccc(F)c1-c1cc(-n2ccc(N3CCCC(C(N)=O)C3)n2)c2c(n1)CNC2O. The Morgan fingerprint density at radius 2 is 2.21 bits per heavy atom. The number of primary amides is 1. The highest BCUT2D eigenvalue weighted by molar-refractivity contribution is 5.77. The van der Waals surface area contributed by atoms with Gasteiger partial charge in [-0.1, -0.05) is 6.07 Å². The minimum Gasteiger partial charge on any atom is -0.374 e. The van der Waals surface area contributed by atoms with E-state index < -0.39 is 12.0 Å². The van der Waals surface area contributed by atoms with Crippen LogP contribution in [0.2, 0.25) is 0 Å². The van der Waals surface area contributed by atoms with Crippen LogP contribution in [0.1, 0.15) is 35.9 Å². The zero-order valence-electron chi connectivity index (χ0n) is 17.7. The quantitative estimate of drug-likeness (QED) is 0.555. The second kappa shape index (κ2) is 8.27. The third-order valence-electron chi connectivity index (χ3n) is 6.21. The molecule has 0 radical (unpaired) electrons. The van der Waals surface area contributed by atoms with Crippen LogP contribution >= 0.6 is 0 Å². The molecule has 33 heavy (non-hydrogen) atoms. The molecule has 0 spiro atoms. The Labute approximate surface area is 189 Å². The molecule has 0 saturated carbocycles. The number of hydrogen-bond donors (Lipinski definition) is 3. The van der Waals surface area contributed by atoms with Crippen LogP contribution in [-0.2, 0) is 11.3 Å². The van der Waals surface area contributed by atoms with Crippen molar-refractivity contribution in [3.8, 4) is 23.0 Å². The number of carbonyl (C=O) groups is 1. The van der Waals surface area contributed by atoms with Crippen LogP contribution in [0.5, 0.6) is 0 Å². The molecule has 1 aromatic carbocycles. The molecule has 5 rings (SSSR count). The van der Waals surface area contributed by atoms with Crippen LogP contribution in [0.3, 0.4) is 0 Å². The van der Waals surface area contributed by atoms with Gasteiger partial charge in [-0.15, -0.1) is 0 Å². The van der Waals surface area contributed by atoms with E-state index in [9.17, 15) is 19.6 Å². The molecule has 1 amide bonds. The molecule has 1 saturated heterocycles. The van der Waals surface area contributed by atoms with Crippen LogP contribution in [0.25, 0.3) is 16.9 Å². The van der Waals surface area contributed by atoms with Gasteiger partial charge in [-0.2, -0.15) is 10.4 Å². The number of carbonyl (C=O) groups excluding carboxylic acids is 1. The molecule has 4 N–H and O–H groups in total. The van der Waals surface area contributed by atoms with Gasteiger partial charge in [0.2, 0.25) is 5.91 Å². The Kier molecular flexibility index (Phi) is 5.28. The number of pyridine rings is 1. The molecule has 1 fully saturated rings. The lowest BCUT2D eigenvalue weighted by molar-refractivity contribution is -0.122. The number of amides is 1. The summed E-state index contributed by atoms with van der Waals surface area (Å²) in [5.41, 5.74) is 7.72. The third kappa shape index (κ3) is 3.71. The number of nitrogens with one attached hydrogen (secondary N) is 1. The number of nitriles is 1. The minimum absolute atomic E-state index is 0.109. The van der Waals surface area contributed by atoms with Crippen LogP contribution in [0.4, 0.5) is 10.2 Å². The molecular weight excluding hydrogens is 425 g/mol. The summed E-state index contributed by atoms with van der Waals surface area (Å²) in [4.78, 5) is 18.2. The number of nitrogens with two attached hydrogens (primary N) is 1. The molecule has 0 bridgehead atoms. The first-order valence-electron chi connectivity index (χ1n) is 10.7. The lowest BCUT2D eigenvalue weighted by Gasteiger charge is -2.31. The second-order valence-electron chi connectivity index (χ2n) is 8.25. The van der Waals surface area contributed by atoms with Crippen molar-refractivity contribution < 1.29 is 14.3 Å². The van der Waals surface area contributed by atoms with E-state index in [2.05, 4.69) is 15.4 Å². The fourth-order valence-electron chi connectivity index (χ4n) is 4.55. The van der Waals surface area contributed by atoms with Crippen molar-refractivity contribution in [3.05, 3.63) is 59.2 Å². The number of aromatic nitrogens is 3. The maximum atomic E-state index is 14.7. The highest BCUT2D eigenvalue weighted by Crippen LogP contribution is 2.34. The highest BCUT2D eigenvalue weighted by atomic mass is 19.1. The molecule has 0 aliphatic carbocycles. The van der Waals surface area contributed by atoms with Crippen LogP contribution in [0, 0.1) is 23.1 Å². The van der Waals surface area contributed by atoms with Crippen molar-refractivity contribution in [2.45, 2.75) is 25.6 Å². The number of anilines is 1. The predicted octanol–water partition coefficient (Wildman–Crippen LogP) is 1.74. The standard InChI is InChI=1S/C23H22FN7O2/c24-15-5-1-3-13(10-25)20(15)16-9-18(21-17(28-16)11-27-23(21)33)31-8-6-19(29-31)30-7-2-4-14(12-30)22(26)32/h1,3,5-6,8-9,14,23,27,33H,2,4,7,11-12H2,(H2,26,32). The molecule has 168 valence electrons. The summed E-state index contributed by atoms with van der Waals surface area (Å²) in [5, 5.41) is 27.6. The summed E-state index contributed by atoms with van der Waals surface area (Å²) in [5.74, 6) is -0.414. The molecule has 2 unspecified atom stereocenters. The van der Waals surface area contributed by atoms with Crippen molar-refractivity contribution in [1.29, 1.82) is 5.26 Å². The van der Waals surface area contributed by atoms with E-state index in [1.165, 1.54) is 18.2 Å².